The van der Waals surface area contributed by atoms with E-state index in [2.05, 4.69) is 10.4 Å². The maximum atomic E-state index is 12.3. The Morgan fingerprint density at radius 3 is 3.11 bits per heavy atom. The molecule has 106 valence electrons. The van der Waals surface area contributed by atoms with Crippen LogP contribution in [0.25, 0.3) is 0 Å². The summed E-state index contributed by atoms with van der Waals surface area (Å²) in [6.07, 6.45) is 2.44. The summed E-state index contributed by atoms with van der Waals surface area (Å²) in [4.78, 5) is 12.3. The van der Waals surface area contributed by atoms with Crippen LogP contribution in [0.15, 0.2) is 12.3 Å². The van der Waals surface area contributed by atoms with Crippen LogP contribution in [0.4, 0.5) is 0 Å². The zero-order valence-electron chi connectivity index (χ0n) is 11.6. The van der Waals surface area contributed by atoms with Crippen LogP contribution in [0.2, 0.25) is 0 Å². The molecule has 2 heterocycles. The highest BCUT2D eigenvalue weighted by molar-refractivity contribution is 5.92. The zero-order valence-corrected chi connectivity index (χ0v) is 11.6. The number of ether oxygens (including phenoxy) is 2. The van der Waals surface area contributed by atoms with Crippen LogP contribution in [-0.2, 0) is 9.47 Å². The lowest BCUT2D eigenvalue weighted by atomic mass is 10.1. The fraction of sp³-hybridized carbons (Fsp3) is 0.692. The second kappa shape index (κ2) is 6.16. The summed E-state index contributed by atoms with van der Waals surface area (Å²) >= 11 is 0. The maximum absolute atomic E-state index is 12.3. The first-order valence-corrected chi connectivity index (χ1v) is 6.58. The van der Waals surface area contributed by atoms with Crippen LogP contribution in [0.1, 0.15) is 36.8 Å². The van der Waals surface area contributed by atoms with Gasteiger partial charge in [-0.2, -0.15) is 5.10 Å². The predicted octanol–water partition coefficient (Wildman–Crippen LogP) is 0.998. The Hall–Kier alpha value is -1.40. The van der Waals surface area contributed by atoms with Crippen molar-refractivity contribution in [1.82, 2.24) is 15.1 Å². The summed E-state index contributed by atoms with van der Waals surface area (Å²) in [6.45, 7) is 5.14. The van der Waals surface area contributed by atoms with Crippen LogP contribution >= 0.6 is 0 Å². The van der Waals surface area contributed by atoms with Crippen molar-refractivity contribution in [3.05, 3.63) is 18.0 Å². The highest BCUT2D eigenvalue weighted by Gasteiger charge is 2.28. The smallest absolute Gasteiger partial charge is 0.269 e. The highest BCUT2D eigenvalue weighted by atomic mass is 16.5. The fourth-order valence-electron chi connectivity index (χ4n) is 2.28. The zero-order chi connectivity index (χ0) is 13.8. The molecule has 2 rings (SSSR count). The molecule has 6 nitrogen and oxygen atoms in total. The van der Waals surface area contributed by atoms with Crippen LogP contribution in [0.5, 0.6) is 0 Å². The normalized spacial score (nSPS) is 23.6. The number of rotatable bonds is 4. The monoisotopic (exact) mass is 267 g/mol. The summed E-state index contributed by atoms with van der Waals surface area (Å²) in [5.41, 5.74) is 0.565. The van der Waals surface area contributed by atoms with Crippen molar-refractivity contribution in [1.29, 1.82) is 0 Å². The predicted molar refractivity (Wildman–Crippen MR) is 70.1 cm³/mol. The standard InChI is InChI=1S/C13H21N3O3/c1-9(2)16-11(4-6-14-16)13(17)15-10-8-19-7-5-12(10)18-3/h4,6,9-10,12H,5,7-8H2,1-3H3,(H,15,17)/t10-,12-/m0/s1. The number of methoxy groups -OCH3 is 1. The molecular formula is C13H21N3O3. The molecule has 0 bridgehead atoms. The topological polar surface area (TPSA) is 65.4 Å². The number of carbonyl (C=O) groups excluding carboxylic acids is 1. The molecule has 6 heteroatoms. The highest BCUT2D eigenvalue weighted by Crippen LogP contribution is 2.13. The average molecular weight is 267 g/mol. The molecule has 2 atom stereocenters. The Balaban J connectivity index is 2.05. The van der Waals surface area contributed by atoms with Gasteiger partial charge in [-0.05, 0) is 26.3 Å². The molecule has 1 fully saturated rings. The molecule has 1 N–H and O–H groups in total. The number of amides is 1. The van der Waals surface area contributed by atoms with Gasteiger partial charge in [-0.3, -0.25) is 9.48 Å². The van der Waals surface area contributed by atoms with Crippen molar-refractivity contribution in [3.63, 3.8) is 0 Å². The van der Waals surface area contributed by atoms with Gasteiger partial charge in [-0.15, -0.1) is 0 Å². The molecule has 1 amide bonds. The van der Waals surface area contributed by atoms with E-state index < -0.39 is 0 Å². The van der Waals surface area contributed by atoms with E-state index in [0.717, 1.165) is 6.42 Å². The minimum Gasteiger partial charge on any atom is -0.379 e. The van der Waals surface area contributed by atoms with Crippen molar-refractivity contribution < 1.29 is 14.3 Å². The third-order valence-corrected chi connectivity index (χ3v) is 3.30. The second-order valence-corrected chi connectivity index (χ2v) is 4.97. The summed E-state index contributed by atoms with van der Waals surface area (Å²) in [6, 6.07) is 1.76. The van der Waals surface area contributed by atoms with E-state index >= 15 is 0 Å². The summed E-state index contributed by atoms with van der Waals surface area (Å²) in [5.74, 6) is -0.135. The van der Waals surface area contributed by atoms with E-state index in [1.807, 2.05) is 13.8 Å². The number of aromatic nitrogens is 2. The van der Waals surface area contributed by atoms with Gasteiger partial charge in [-0.1, -0.05) is 0 Å². The number of hydrogen-bond donors (Lipinski definition) is 1. The lowest BCUT2D eigenvalue weighted by Crippen LogP contribution is -2.50. The van der Waals surface area contributed by atoms with Gasteiger partial charge in [-0.25, -0.2) is 0 Å². The van der Waals surface area contributed by atoms with Crippen molar-refractivity contribution >= 4 is 5.91 Å². The molecule has 1 aromatic heterocycles. The fourth-order valence-corrected chi connectivity index (χ4v) is 2.28. The Morgan fingerprint density at radius 2 is 2.42 bits per heavy atom. The molecule has 1 aliphatic rings. The van der Waals surface area contributed by atoms with Gasteiger partial charge in [0.15, 0.2) is 0 Å². The van der Waals surface area contributed by atoms with Crippen molar-refractivity contribution in [2.75, 3.05) is 20.3 Å². The van der Waals surface area contributed by atoms with Gasteiger partial charge in [0.1, 0.15) is 5.69 Å². The molecule has 0 spiro atoms. The minimum absolute atomic E-state index is 0.00752. The lowest BCUT2D eigenvalue weighted by molar-refractivity contribution is -0.0350. The summed E-state index contributed by atoms with van der Waals surface area (Å²) in [7, 11) is 1.66. The third-order valence-electron chi connectivity index (χ3n) is 3.30. The summed E-state index contributed by atoms with van der Waals surface area (Å²) < 4.78 is 12.5. The van der Waals surface area contributed by atoms with Crippen molar-refractivity contribution in [3.8, 4) is 0 Å². The van der Waals surface area contributed by atoms with Crippen molar-refractivity contribution in [2.45, 2.75) is 38.5 Å². The number of carbonyl (C=O) groups is 1. The van der Waals surface area contributed by atoms with Crippen molar-refractivity contribution in [2.24, 2.45) is 0 Å². The van der Waals surface area contributed by atoms with Gasteiger partial charge in [0.05, 0.1) is 18.8 Å². The number of nitrogens with zero attached hydrogens (tertiary/aromatic N) is 2. The lowest BCUT2D eigenvalue weighted by Gasteiger charge is -2.31. The Morgan fingerprint density at radius 1 is 1.63 bits per heavy atom. The number of hydrogen-bond acceptors (Lipinski definition) is 4. The average Bonchev–Trinajstić information content (AvgIpc) is 2.88. The van der Waals surface area contributed by atoms with E-state index in [0.29, 0.717) is 18.9 Å². The second-order valence-electron chi connectivity index (χ2n) is 4.97. The van der Waals surface area contributed by atoms with E-state index in [1.165, 1.54) is 0 Å². The van der Waals surface area contributed by atoms with E-state index in [9.17, 15) is 4.79 Å². The van der Waals surface area contributed by atoms with Gasteiger partial charge >= 0.3 is 0 Å². The Kier molecular flexibility index (Phi) is 4.55. The molecule has 1 saturated heterocycles. The van der Waals surface area contributed by atoms with E-state index in [1.54, 1.807) is 24.1 Å². The van der Waals surface area contributed by atoms with E-state index in [-0.39, 0.29) is 24.1 Å². The minimum atomic E-state index is -0.135. The molecule has 0 saturated carbocycles. The third kappa shape index (κ3) is 3.13. The van der Waals surface area contributed by atoms with Crippen LogP contribution in [-0.4, -0.2) is 48.2 Å². The first-order valence-electron chi connectivity index (χ1n) is 6.58. The maximum Gasteiger partial charge on any atom is 0.269 e. The van der Waals surface area contributed by atoms with Crippen LogP contribution < -0.4 is 5.32 Å². The first kappa shape index (κ1) is 14.0. The quantitative estimate of drug-likeness (QED) is 0.883. The molecule has 0 radical (unpaired) electrons. The van der Waals surface area contributed by atoms with Gasteiger partial charge < -0.3 is 14.8 Å². The van der Waals surface area contributed by atoms with Gasteiger partial charge in [0.25, 0.3) is 5.91 Å². The Bertz CT molecular complexity index is 431. The molecule has 1 aromatic rings. The molecule has 0 unspecified atom stereocenters. The van der Waals surface area contributed by atoms with Gasteiger partial charge in [0, 0.05) is 26.0 Å². The SMILES string of the molecule is CO[C@H]1CCOC[C@@H]1NC(=O)c1ccnn1C(C)C. The van der Waals surface area contributed by atoms with Gasteiger partial charge in [0.2, 0.25) is 0 Å². The molecule has 19 heavy (non-hydrogen) atoms. The van der Waals surface area contributed by atoms with Crippen LogP contribution in [0, 0.1) is 0 Å². The van der Waals surface area contributed by atoms with Crippen LogP contribution in [0.3, 0.4) is 0 Å². The number of nitrogens with one attached hydrogen (secondary N) is 1. The molecule has 0 aliphatic carbocycles. The summed E-state index contributed by atoms with van der Waals surface area (Å²) in [5, 5.41) is 7.13. The largest absolute Gasteiger partial charge is 0.379 e. The molecule has 1 aliphatic heterocycles. The Labute approximate surface area is 113 Å². The molecular weight excluding hydrogens is 246 g/mol. The first-order chi connectivity index (χ1) is 9.13. The molecule has 0 aromatic carbocycles. The van der Waals surface area contributed by atoms with E-state index in [4.69, 9.17) is 9.47 Å².